The molecule has 126 valence electrons. The van der Waals surface area contributed by atoms with Crippen LogP contribution in [0.3, 0.4) is 0 Å². The minimum absolute atomic E-state index is 0.111. The van der Waals surface area contributed by atoms with E-state index in [2.05, 4.69) is 0 Å². The van der Waals surface area contributed by atoms with Crippen LogP contribution in [0.5, 0.6) is 0 Å². The molecule has 23 heavy (non-hydrogen) atoms. The Labute approximate surface area is 129 Å². The van der Waals surface area contributed by atoms with Crippen molar-refractivity contribution in [3.63, 3.8) is 0 Å². The third kappa shape index (κ3) is 2.74. The monoisotopic (exact) mass is 328 g/mol. The Balaban J connectivity index is 2.47. The Hall–Kier alpha value is -2.56. The number of carbonyl (C=O) groups excluding carboxylic acids is 2. The van der Waals surface area contributed by atoms with E-state index in [9.17, 15) is 40.0 Å². The zero-order valence-corrected chi connectivity index (χ0v) is 12.0. The standard InChI is InChI=1S/C12H15N3O8/c16-9(17)2-4-13-6-11(14(20)21)3-1-8(10(18)19)12(5-11,7-13)15(22)23/h1H,2-7H2,(H,16,17)(H,18,19)/p-1. The third-order valence-electron chi connectivity index (χ3n) is 4.57. The van der Waals surface area contributed by atoms with Gasteiger partial charge in [0.1, 0.15) is 13.0 Å². The lowest BCUT2D eigenvalue weighted by molar-refractivity contribution is -0.943. The number of aliphatic carboxylic acids is 2. The van der Waals surface area contributed by atoms with Gasteiger partial charge < -0.3 is 24.7 Å². The van der Waals surface area contributed by atoms with E-state index in [4.69, 9.17) is 0 Å². The molecule has 11 nitrogen and oxygen atoms in total. The summed E-state index contributed by atoms with van der Waals surface area (Å²) in [6.45, 7) is -0.573. The summed E-state index contributed by atoms with van der Waals surface area (Å²) in [7, 11) is 0. The molecule has 0 aromatic rings. The molecule has 0 saturated carbocycles. The second-order valence-corrected chi connectivity index (χ2v) is 6.03. The number of nitro groups is 2. The van der Waals surface area contributed by atoms with Crippen LogP contribution in [0, 0.1) is 20.2 Å². The summed E-state index contributed by atoms with van der Waals surface area (Å²) in [5.41, 5.74) is -4.42. The first kappa shape index (κ1) is 16.8. The van der Waals surface area contributed by atoms with Gasteiger partial charge in [-0.2, -0.15) is 0 Å². The number of piperidine rings is 1. The molecule has 1 aliphatic carbocycles. The Morgan fingerprint density at radius 1 is 1.17 bits per heavy atom. The minimum Gasteiger partial charge on any atom is -0.550 e. The second-order valence-electron chi connectivity index (χ2n) is 6.03. The molecule has 2 aliphatic rings. The van der Waals surface area contributed by atoms with Crippen LogP contribution in [-0.2, 0) is 9.59 Å². The summed E-state index contributed by atoms with van der Waals surface area (Å²) in [4.78, 5) is 43.7. The zero-order valence-electron chi connectivity index (χ0n) is 12.0. The van der Waals surface area contributed by atoms with E-state index < -0.39 is 51.3 Å². The predicted molar refractivity (Wildman–Crippen MR) is 67.0 cm³/mol. The third-order valence-corrected chi connectivity index (χ3v) is 4.57. The van der Waals surface area contributed by atoms with Crippen LogP contribution in [0.4, 0.5) is 0 Å². The average molecular weight is 328 g/mol. The van der Waals surface area contributed by atoms with Gasteiger partial charge in [-0.25, -0.2) is 0 Å². The maximum absolute atomic E-state index is 11.6. The summed E-state index contributed by atoms with van der Waals surface area (Å²) < 4.78 is 0. The number of nitrogens with one attached hydrogen (secondary N) is 1. The van der Waals surface area contributed by atoms with Gasteiger partial charge in [-0.3, -0.25) is 20.2 Å². The summed E-state index contributed by atoms with van der Waals surface area (Å²) in [5.74, 6) is -3.12. The highest BCUT2D eigenvalue weighted by atomic mass is 16.6. The van der Waals surface area contributed by atoms with Gasteiger partial charge in [-0.15, -0.1) is 0 Å². The number of carboxylic acids is 2. The van der Waals surface area contributed by atoms with Gasteiger partial charge in [0.25, 0.3) is 5.54 Å². The van der Waals surface area contributed by atoms with Crippen molar-refractivity contribution in [2.45, 2.75) is 30.3 Å². The van der Waals surface area contributed by atoms with Crippen LogP contribution in [0.1, 0.15) is 19.3 Å². The molecule has 1 aliphatic heterocycles. The van der Waals surface area contributed by atoms with Crippen LogP contribution in [0.15, 0.2) is 11.6 Å². The van der Waals surface area contributed by atoms with Gasteiger partial charge in [-0.05, 0) is 0 Å². The van der Waals surface area contributed by atoms with Crippen molar-refractivity contribution in [3.05, 3.63) is 31.9 Å². The molecular weight excluding hydrogens is 314 g/mol. The molecule has 0 amide bonds. The molecule has 0 spiro atoms. The highest BCUT2D eigenvalue weighted by Crippen LogP contribution is 2.40. The van der Waals surface area contributed by atoms with Crippen LogP contribution in [0.2, 0.25) is 0 Å². The topological polar surface area (TPSA) is 171 Å². The highest BCUT2D eigenvalue weighted by molar-refractivity contribution is 5.87. The molecule has 3 atom stereocenters. The lowest BCUT2D eigenvalue weighted by atomic mass is 9.68. The molecule has 2 bridgehead atoms. The first-order valence-corrected chi connectivity index (χ1v) is 6.87. The van der Waals surface area contributed by atoms with Crippen molar-refractivity contribution >= 4 is 11.9 Å². The van der Waals surface area contributed by atoms with E-state index in [1.807, 2.05) is 0 Å². The number of likely N-dealkylation sites (tertiary alicyclic amines) is 1. The number of hydrogen-bond acceptors (Lipinski definition) is 8. The Kier molecular flexibility index (Phi) is 4.07. The van der Waals surface area contributed by atoms with Crippen LogP contribution in [0.25, 0.3) is 0 Å². The molecule has 3 unspecified atom stereocenters. The summed E-state index contributed by atoms with van der Waals surface area (Å²) in [6.07, 6.45) is -0.246. The average Bonchev–Trinajstić information content (AvgIpc) is 2.44. The molecule has 1 heterocycles. The number of hydrogen-bond donors (Lipinski definition) is 1. The number of carboxylic acid groups (broad SMARTS) is 2. The van der Waals surface area contributed by atoms with Crippen molar-refractivity contribution in [1.82, 2.24) is 0 Å². The first-order valence-electron chi connectivity index (χ1n) is 6.87. The fourth-order valence-electron chi connectivity index (χ4n) is 3.59. The van der Waals surface area contributed by atoms with Gasteiger partial charge in [0.2, 0.25) is 0 Å². The van der Waals surface area contributed by atoms with Crippen molar-refractivity contribution in [1.29, 1.82) is 0 Å². The number of carbonyl (C=O) groups is 2. The molecule has 2 rings (SSSR count). The maximum Gasteiger partial charge on any atom is 0.303 e. The fourth-order valence-corrected chi connectivity index (χ4v) is 3.59. The number of quaternary nitrogens is 1. The fraction of sp³-hybridized carbons (Fsp3) is 0.667. The summed E-state index contributed by atoms with van der Waals surface area (Å²) in [5, 5.41) is 44.8. The lowest BCUT2D eigenvalue weighted by Gasteiger charge is -2.44. The van der Waals surface area contributed by atoms with E-state index in [1.165, 1.54) is 0 Å². The van der Waals surface area contributed by atoms with E-state index in [1.54, 1.807) is 0 Å². The number of nitrogens with zero attached hydrogens (tertiary/aromatic N) is 2. The molecule has 1 N–H and O–H groups in total. The molecule has 1 saturated heterocycles. The van der Waals surface area contributed by atoms with Crippen LogP contribution < -0.4 is 15.1 Å². The van der Waals surface area contributed by atoms with Crippen molar-refractivity contribution in [2.75, 3.05) is 19.6 Å². The number of fused-ring (bicyclic) bond motifs is 2. The Morgan fingerprint density at radius 2 is 1.83 bits per heavy atom. The van der Waals surface area contributed by atoms with Crippen LogP contribution in [-0.4, -0.2) is 52.5 Å². The molecule has 1 fully saturated rings. The SMILES string of the molecule is O=C([O-])CC[NH+]1CC2([N+](=O)[O-])CC=C(C(=O)[O-])C([N+](=O)[O-])(C1)C2. The van der Waals surface area contributed by atoms with Gasteiger partial charge >= 0.3 is 5.54 Å². The van der Waals surface area contributed by atoms with E-state index in [-0.39, 0.29) is 26.1 Å². The first-order chi connectivity index (χ1) is 10.6. The number of rotatable bonds is 6. The quantitative estimate of drug-likeness (QED) is 0.375. The highest BCUT2D eigenvalue weighted by Gasteiger charge is 2.68. The van der Waals surface area contributed by atoms with Crippen molar-refractivity contribution in [2.24, 2.45) is 0 Å². The van der Waals surface area contributed by atoms with E-state index in [0.717, 1.165) is 6.08 Å². The lowest BCUT2D eigenvalue weighted by Crippen LogP contribution is -3.18. The van der Waals surface area contributed by atoms with E-state index in [0.29, 0.717) is 4.90 Å². The summed E-state index contributed by atoms with van der Waals surface area (Å²) in [6, 6.07) is 0. The minimum atomic E-state index is -2.15. The Morgan fingerprint density at radius 3 is 2.30 bits per heavy atom. The molecule has 0 aromatic carbocycles. The second kappa shape index (κ2) is 5.57. The van der Waals surface area contributed by atoms with Gasteiger partial charge in [0, 0.05) is 28.7 Å². The van der Waals surface area contributed by atoms with Gasteiger partial charge in [0.05, 0.1) is 18.1 Å². The molecule has 0 radical (unpaired) electrons. The van der Waals surface area contributed by atoms with E-state index >= 15 is 0 Å². The van der Waals surface area contributed by atoms with Gasteiger partial charge in [0.15, 0.2) is 6.54 Å². The van der Waals surface area contributed by atoms with Gasteiger partial charge in [-0.1, -0.05) is 6.08 Å². The largest absolute Gasteiger partial charge is 0.550 e. The molecular formula is C12H14N3O8-. The van der Waals surface area contributed by atoms with Crippen LogP contribution >= 0.6 is 0 Å². The Bertz CT molecular complexity index is 617. The van der Waals surface area contributed by atoms with Crippen molar-refractivity contribution < 1.29 is 34.5 Å². The smallest absolute Gasteiger partial charge is 0.303 e. The summed E-state index contributed by atoms with van der Waals surface area (Å²) >= 11 is 0. The zero-order chi connectivity index (χ0) is 17.4. The maximum atomic E-state index is 11.6. The van der Waals surface area contributed by atoms with Crippen molar-refractivity contribution in [3.8, 4) is 0 Å². The normalized spacial score (nSPS) is 32.7. The predicted octanol–water partition coefficient (Wildman–Crippen LogP) is -4.47. The molecule has 0 aromatic heterocycles. The molecule has 11 heteroatoms.